The first-order valence-electron chi connectivity index (χ1n) is 9.58. The van der Waals surface area contributed by atoms with Crippen LogP contribution in [0.25, 0.3) is 10.6 Å². The smallest absolute Gasteiger partial charge is 0.267 e. The average Bonchev–Trinajstić information content (AvgIpc) is 3.29. The number of carbonyl (C=O) groups is 2. The van der Waals surface area contributed by atoms with E-state index in [1.165, 1.54) is 39.9 Å². The van der Waals surface area contributed by atoms with E-state index in [1.54, 1.807) is 19.2 Å². The SMILES string of the molecule is CCN(CC)S(=O)(=O)c1cccc(C(=O)NNC(=O)c2csc(-c3ccccc3)n2)c1. The number of hydrogen-bond acceptors (Lipinski definition) is 6. The summed E-state index contributed by atoms with van der Waals surface area (Å²) in [5.41, 5.74) is 5.78. The minimum absolute atomic E-state index is 0.0159. The molecule has 3 rings (SSSR count). The summed E-state index contributed by atoms with van der Waals surface area (Å²) in [5.74, 6) is -1.21. The Balaban J connectivity index is 1.67. The van der Waals surface area contributed by atoms with Gasteiger partial charge in [0.1, 0.15) is 10.7 Å². The number of hydrazine groups is 1. The number of hydrogen-bond donors (Lipinski definition) is 2. The van der Waals surface area contributed by atoms with Gasteiger partial charge >= 0.3 is 0 Å². The van der Waals surface area contributed by atoms with Crippen molar-refractivity contribution in [1.29, 1.82) is 0 Å². The second-order valence-electron chi connectivity index (χ2n) is 6.43. The zero-order valence-electron chi connectivity index (χ0n) is 17.0. The maximum Gasteiger partial charge on any atom is 0.289 e. The highest BCUT2D eigenvalue weighted by Gasteiger charge is 2.22. The fraction of sp³-hybridized carbons (Fsp3) is 0.190. The molecule has 0 saturated heterocycles. The van der Waals surface area contributed by atoms with E-state index in [4.69, 9.17) is 0 Å². The van der Waals surface area contributed by atoms with Gasteiger partial charge in [-0.15, -0.1) is 11.3 Å². The summed E-state index contributed by atoms with van der Waals surface area (Å²) in [4.78, 5) is 29.1. The Kier molecular flexibility index (Phi) is 7.16. The van der Waals surface area contributed by atoms with Gasteiger partial charge in [0.25, 0.3) is 11.8 Å². The molecule has 1 heterocycles. The van der Waals surface area contributed by atoms with Crippen molar-refractivity contribution in [2.75, 3.05) is 13.1 Å². The van der Waals surface area contributed by atoms with Crippen LogP contribution in [-0.4, -0.2) is 42.6 Å². The number of rotatable bonds is 7. The van der Waals surface area contributed by atoms with Gasteiger partial charge in [-0.25, -0.2) is 13.4 Å². The number of benzene rings is 2. The predicted octanol–water partition coefficient (Wildman–Crippen LogP) is 2.92. The van der Waals surface area contributed by atoms with Crippen LogP contribution in [0.4, 0.5) is 0 Å². The molecule has 0 aliphatic rings. The average molecular weight is 459 g/mol. The zero-order valence-corrected chi connectivity index (χ0v) is 18.7. The van der Waals surface area contributed by atoms with Crippen molar-refractivity contribution in [3.05, 3.63) is 71.2 Å². The molecule has 10 heteroatoms. The summed E-state index contributed by atoms with van der Waals surface area (Å²) >= 11 is 1.32. The standard InChI is InChI=1S/C21H22N4O4S2/c1-3-25(4-2)31(28,29)17-12-8-11-16(13-17)19(26)23-24-20(27)18-14-30-21(22-18)15-9-6-5-7-10-15/h5-14H,3-4H2,1-2H3,(H,23,26)(H,24,27). The van der Waals surface area contributed by atoms with Crippen LogP contribution < -0.4 is 10.9 Å². The number of amides is 2. The van der Waals surface area contributed by atoms with Crippen LogP contribution in [0.3, 0.4) is 0 Å². The van der Waals surface area contributed by atoms with Gasteiger partial charge in [0.2, 0.25) is 10.0 Å². The van der Waals surface area contributed by atoms with Crippen molar-refractivity contribution < 1.29 is 18.0 Å². The van der Waals surface area contributed by atoms with Crippen LogP contribution in [0.1, 0.15) is 34.7 Å². The highest BCUT2D eigenvalue weighted by Crippen LogP contribution is 2.23. The fourth-order valence-corrected chi connectivity index (χ4v) is 5.16. The third-order valence-electron chi connectivity index (χ3n) is 4.49. The lowest BCUT2D eigenvalue weighted by Gasteiger charge is -2.18. The molecule has 2 N–H and O–H groups in total. The summed E-state index contributed by atoms with van der Waals surface area (Å²) in [6.45, 7) is 4.14. The van der Waals surface area contributed by atoms with E-state index >= 15 is 0 Å². The molecule has 0 fully saturated rings. The van der Waals surface area contributed by atoms with Crippen molar-refractivity contribution in [3.8, 4) is 10.6 Å². The molecule has 0 aliphatic carbocycles. The lowest BCUT2D eigenvalue weighted by Crippen LogP contribution is -2.41. The molecule has 2 amide bonds. The van der Waals surface area contributed by atoms with Gasteiger partial charge in [0, 0.05) is 29.6 Å². The highest BCUT2D eigenvalue weighted by molar-refractivity contribution is 7.89. The van der Waals surface area contributed by atoms with Crippen molar-refractivity contribution >= 4 is 33.2 Å². The molecular weight excluding hydrogens is 436 g/mol. The molecule has 0 unspecified atom stereocenters. The van der Waals surface area contributed by atoms with Crippen molar-refractivity contribution in [2.45, 2.75) is 18.7 Å². The number of aromatic nitrogens is 1. The van der Waals surface area contributed by atoms with E-state index < -0.39 is 21.8 Å². The van der Waals surface area contributed by atoms with Crippen LogP contribution >= 0.6 is 11.3 Å². The third kappa shape index (κ3) is 5.16. The quantitative estimate of drug-likeness (QED) is 0.529. The second-order valence-corrected chi connectivity index (χ2v) is 9.23. The van der Waals surface area contributed by atoms with Crippen molar-refractivity contribution in [1.82, 2.24) is 20.1 Å². The number of sulfonamides is 1. The summed E-state index contributed by atoms with van der Waals surface area (Å²) in [7, 11) is -3.70. The van der Waals surface area contributed by atoms with Crippen LogP contribution in [0, 0.1) is 0 Å². The van der Waals surface area contributed by atoms with Gasteiger partial charge in [0.15, 0.2) is 0 Å². The van der Waals surface area contributed by atoms with Gasteiger partial charge < -0.3 is 0 Å². The molecule has 0 radical (unpaired) electrons. The number of nitrogens with one attached hydrogen (secondary N) is 2. The molecule has 1 aromatic heterocycles. The molecule has 0 aliphatic heterocycles. The molecule has 162 valence electrons. The Morgan fingerprint density at radius 3 is 2.32 bits per heavy atom. The zero-order chi connectivity index (χ0) is 22.4. The Morgan fingerprint density at radius 1 is 0.968 bits per heavy atom. The first-order chi connectivity index (χ1) is 14.9. The molecule has 8 nitrogen and oxygen atoms in total. The first kappa shape index (κ1) is 22.6. The second kappa shape index (κ2) is 9.82. The van der Waals surface area contributed by atoms with Crippen molar-refractivity contribution in [3.63, 3.8) is 0 Å². The van der Waals surface area contributed by atoms with Gasteiger partial charge in [-0.1, -0.05) is 50.2 Å². The topological polar surface area (TPSA) is 108 Å². The monoisotopic (exact) mass is 458 g/mol. The summed E-state index contributed by atoms with van der Waals surface area (Å²) in [6.07, 6.45) is 0. The van der Waals surface area contributed by atoms with E-state index in [-0.39, 0.29) is 16.2 Å². The molecular formula is C21H22N4O4S2. The first-order valence-corrected chi connectivity index (χ1v) is 11.9. The Hall–Kier alpha value is -3.08. The summed E-state index contributed by atoms with van der Waals surface area (Å²) < 4.78 is 26.6. The molecule has 0 atom stereocenters. The van der Waals surface area contributed by atoms with Gasteiger partial charge in [-0.05, 0) is 18.2 Å². The molecule has 0 bridgehead atoms. The lowest BCUT2D eigenvalue weighted by molar-refractivity contribution is 0.0844. The minimum atomic E-state index is -3.70. The molecule has 0 spiro atoms. The number of carbonyl (C=O) groups excluding carboxylic acids is 2. The van der Waals surface area contributed by atoms with E-state index in [1.807, 2.05) is 30.3 Å². The van der Waals surface area contributed by atoms with Gasteiger partial charge in [-0.2, -0.15) is 4.31 Å². The highest BCUT2D eigenvalue weighted by atomic mass is 32.2. The fourth-order valence-electron chi connectivity index (χ4n) is 2.85. The van der Waals surface area contributed by atoms with Crippen LogP contribution in [0.2, 0.25) is 0 Å². The van der Waals surface area contributed by atoms with Crippen LogP contribution in [-0.2, 0) is 10.0 Å². The maximum atomic E-state index is 12.7. The normalized spacial score (nSPS) is 11.3. The summed E-state index contributed by atoms with van der Waals surface area (Å²) in [5, 5.41) is 2.28. The van der Waals surface area contributed by atoms with Crippen molar-refractivity contribution in [2.24, 2.45) is 0 Å². The van der Waals surface area contributed by atoms with E-state index in [0.29, 0.717) is 18.1 Å². The summed E-state index contributed by atoms with van der Waals surface area (Å²) in [6, 6.07) is 15.1. The largest absolute Gasteiger partial charge is 0.289 e. The van der Waals surface area contributed by atoms with Gasteiger partial charge in [-0.3, -0.25) is 20.4 Å². The number of thiazole rings is 1. The number of nitrogens with zero attached hydrogens (tertiary/aromatic N) is 2. The van der Waals surface area contributed by atoms with E-state index in [9.17, 15) is 18.0 Å². The predicted molar refractivity (Wildman–Crippen MR) is 119 cm³/mol. The lowest BCUT2D eigenvalue weighted by atomic mass is 10.2. The third-order valence-corrected chi connectivity index (χ3v) is 7.42. The van der Waals surface area contributed by atoms with E-state index in [2.05, 4.69) is 15.8 Å². The molecule has 31 heavy (non-hydrogen) atoms. The van der Waals surface area contributed by atoms with Crippen LogP contribution in [0.15, 0.2) is 64.9 Å². The van der Waals surface area contributed by atoms with Gasteiger partial charge in [0.05, 0.1) is 4.90 Å². The molecule has 2 aromatic carbocycles. The van der Waals surface area contributed by atoms with E-state index in [0.717, 1.165) is 5.56 Å². The molecule has 0 saturated carbocycles. The minimum Gasteiger partial charge on any atom is -0.267 e. The maximum absolute atomic E-state index is 12.7. The Bertz CT molecular complexity index is 1170. The Morgan fingerprint density at radius 2 is 1.65 bits per heavy atom. The Labute approximate surface area is 185 Å². The molecule has 3 aromatic rings. The van der Waals surface area contributed by atoms with Crippen LogP contribution in [0.5, 0.6) is 0 Å².